The van der Waals surface area contributed by atoms with Crippen LogP contribution in [0.2, 0.25) is 5.15 Å². The predicted molar refractivity (Wildman–Crippen MR) is 71.5 cm³/mol. The minimum absolute atomic E-state index is 0.562. The van der Waals surface area contributed by atoms with Gasteiger partial charge in [-0.15, -0.1) is 0 Å². The van der Waals surface area contributed by atoms with Crippen LogP contribution in [0.3, 0.4) is 0 Å². The Balaban J connectivity index is 2.61. The van der Waals surface area contributed by atoms with E-state index in [9.17, 15) is 0 Å². The zero-order chi connectivity index (χ0) is 12.6. The van der Waals surface area contributed by atoms with Crippen molar-refractivity contribution in [2.75, 3.05) is 0 Å². The molecular formula is C13H18ClN3. The van der Waals surface area contributed by atoms with Crippen LogP contribution >= 0.6 is 11.6 Å². The van der Waals surface area contributed by atoms with E-state index in [0.29, 0.717) is 5.92 Å². The van der Waals surface area contributed by atoms with E-state index >= 15 is 0 Å². The van der Waals surface area contributed by atoms with Gasteiger partial charge in [0, 0.05) is 18.4 Å². The third-order valence-electron chi connectivity index (χ3n) is 2.85. The fraction of sp³-hybridized carbons (Fsp3) is 0.538. The smallest absolute Gasteiger partial charge is 0.145 e. The Kier molecular flexibility index (Phi) is 3.38. The van der Waals surface area contributed by atoms with Gasteiger partial charge in [-0.1, -0.05) is 25.4 Å². The van der Waals surface area contributed by atoms with Gasteiger partial charge in [-0.25, -0.2) is 9.97 Å². The quantitative estimate of drug-likeness (QED) is 0.834. The zero-order valence-corrected chi connectivity index (χ0v) is 11.5. The Labute approximate surface area is 107 Å². The summed E-state index contributed by atoms with van der Waals surface area (Å²) in [6.45, 7) is 9.28. The summed E-state index contributed by atoms with van der Waals surface area (Å²) in [6.07, 6.45) is 0.906. The van der Waals surface area contributed by atoms with Gasteiger partial charge in [-0.2, -0.15) is 0 Å². The van der Waals surface area contributed by atoms with Gasteiger partial charge in [0.25, 0.3) is 0 Å². The second-order valence-corrected chi connectivity index (χ2v) is 5.16. The van der Waals surface area contributed by atoms with E-state index in [0.717, 1.165) is 40.7 Å². The molecule has 4 heteroatoms. The Morgan fingerprint density at radius 2 is 2.06 bits per heavy atom. The Hall–Kier alpha value is -1.09. The Morgan fingerprint density at radius 1 is 1.35 bits per heavy atom. The molecule has 0 unspecified atom stereocenters. The van der Waals surface area contributed by atoms with Crippen LogP contribution in [0.25, 0.3) is 11.0 Å². The van der Waals surface area contributed by atoms with Crippen LogP contribution in [0.5, 0.6) is 0 Å². The van der Waals surface area contributed by atoms with Crippen molar-refractivity contribution in [1.29, 1.82) is 0 Å². The molecule has 0 aliphatic heterocycles. The minimum Gasteiger partial charge on any atom is -0.317 e. The SMILES string of the molecule is CCn1c(Cl)cc2c(C)nc(CC(C)C)nc21. The number of hydrogen-bond donors (Lipinski definition) is 0. The standard InChI is InChI=1S/C13H18ClN3/c1-5-17-11(14)7-10-9(4)15-12(6-8(2)3)16-13(10)17/h7-8H,5-6H2,1-4H3. The molecule has 0 bridgehead atoms. The molecular weight excluding hydrogens is 234 g/mol. The average molecular weight is 252 g/mol. The van der Waals surface area contributed by atoms with Crippen molar-refractivity contribution in [3.05, 3.63) is 22.7 Å². The summed E-state index contributed by atoms with van der Waals surface area (Å²) in [5, 5.41) is 1.80. The molecule has 0 spiro atoms. The summed E-state index contributed by atoms with van der Waals surface area (Å²) in [5.41, 5.74) is 1.97. The van der Waals surface area contributed by atoms with Gasteiger partial charge < -0.3 is 4.57 Å². The van der Waals surface area contributed by atoms with E-state index in [1.165, 1.54) is 0 Å². The monoisotopic (exact) mass is 251 g/mol. The molecule has 92 valence electrons. The molecule has 17 heavy (non-hydrogen) atoms. The molecule has 2 aromatic rings. The van der Waals surface area contributed by atoms with Crippen molar-refractivity contribution in [2.45, 2.75) is 40.7 Å². The number of rotatable bonds is 3. The predicted octanol–water partition coefficient (Wildman–Crippen LogP) is 3.61. The van der Waals surface area contributed by atoms with Crippen LogP contribution in [0.4, 0.5) is 0 Å². The summed E-state index contributed by atoms with van der Waals surface area (Å²) < 4.78 is 2.02. The van der Waals surface area contributed by atoms with Gasteiger partial charge in [0.1, 0.15) is 16.6 Å². The van der Waals surface area contributed by atoms with Crippen molar-refractivity contribution >= 4 is 22.6 Å². The molecule has 2 heterocycles. The number of hydrogen-bond acceptors (Lipinski definition) is 2. The van der Waals surface area contributed by atoms with E-state index in [1.807, 2.05) is 17.6 Å². The zero-order valence-electron chi connectivity index (χ0n) is 10.8. The van der Waals surface area contributed by atoms with Gasteiger partial charge in [0.2, 0.25) is 0 Å². The van der Waals surface area contributed by atoms with Crippen LogP contribution in [-0.2, 0) is 13.0 Å². The van der Waals surface area contributed by atoms with Crippen molar-refractivity contribution < 1.29 is 0 Å². The van der Waals surface area contributed by atoms with Gasteiger partial charge >= 0.3 is 0 Å². The van der Waals surface area contributed by atoms with Crippen LogP contribution in [0.1, 0.15) is 32.3 Å². The van der Waals surface area contributed by atoms with Gasteiger partial charge in [0.05, 0.1) is 5.69 Å². The van der Waals surface area contributed by atoms with E-state index in [4.69, 9.17) is 11.6 Å². The van der Waals surface area contributed by atoms with Crippen molar-refractivity contribution in [1.82, 2.24) is 14.5 Å². The maximum Gasteiger partial charge on any atom is 0.145 e. The molecule has 0 saturated carbocycles. The fourth-order valence-corrected chi connectivity index (χ4v) is 2.36. The lowest BCUT2D eigenvalue weighted by Crippen LogP contribution is -2.04. The number of fused-ring (bicyclic) bond motifs is 1. The number of aromatic nitrogens is 3. The minimum atomic E-state index is 0.562. The van der Waals surface area contributed by atoms with Crippen molar-refractivity contribution in [3.8, 4) is 0 Å². The fourth-order valence-electron chi connectivity index (χ4n) is 2.05. The molecule has 0 aliphatic carbocycles. The molecule has 2 rings (SSSR count). The lowest BCUT2D eigenvalue weighted by molar-refractivity contribution is 0.619. The largest absolute Gasteiger partial charge is 0.317 e. The van der Waals surface area contributed by atoms with Crippen molar-refractivity contribution in [3.63, 3.8) is 0 Å². The molecule has 0 aliphatic rings. The number of aryl methyl sites for hydroxylation is 2. The maximum atomic E-state index is 6.19. The molecule has 0 N–H and O–H groups in total. The summed E-state index contributed by atoms with van der Waals surface area (Å²) in [6, 6.07) is 1.95. The highest BCUT2D eigenvalue weighted by atomic mass is 35.5. The third-order valence-corrected chi connectivity index (χ3v) is 3.16. The molecule has 0 aromatic carbocycles. The second-order valence-electron chi connectivity index (χ2n) is 4.77. The third kappa shape index (κ3) is 2.29. The summed E-state index contributed by atoms with van der Waals surface area (Å²) in [7, 11) is 0. The van der Waals surface area contributed by atoms with Crippen LogP contribution < -0.4 is 0 Å². The summed E-state index contributed by atoms with van der Waals surface area (Å²) in [5.74, 6) is 1.47. The number of nitrogens with zero attached hydrogens (tertiary/aromatic N) is 3. The van der Waals surface area contributed by atoms with Gasteiger partial charge in [0.15, 0.2) is 0 Å². The maximum absolute atomic E-state index is 6.19. The van der Waals surface area contributed by atoms with Crippen LogP contribution in [-0.4, -0.2) is 14.5 Å². The normalized spacial score (nSPS) is 11.6. The van der Waals surface area contributed by atoms with E-state index in [1.54, 1.807) is 0 Å². The highest BCUT2D eigenvalue weighted by Gasteiger charge is 2.12. The van der Waals surface area contributed by atoms with Gasteiger partial charge in [-0.3, -0.25) is 0 Å². The summed E-state index contributed by atoms with van der Waals surface area (Å²) in [4.78, 5) is 9.18. The molecule has 3 nitrogen and oxygen atoms in total. The first-order valence-electron chi connectivity index (χ1n) is 6.05. The van der Waals surface area contributed by atoms with Crippen LogP contribution in [0, 0.1) is 12.8 Å². The van der Waals surface area contributed by atoms with Crippen LogP contribution in [0.15, 0.2) is 6.07 Å². The molecule has 0 amide bonds. The number of halogens is 1. The van der Waals surface area contributed by atoms with E-state index in [2.05, 4.69) is 30.7 Å². The first-order chi connectivity index (χ1) is 8.02. The average Bonchev–Trinajstić information content (AvgIpc) is 2.53. The molecule has 0 saturated heterocycles. The first-order valence-corrected chi connectivity index (χ1v) is 6.43. The molecule has 0 radical (unpaired) electrons. The lowest BCUT2D eigenvalue weighted by atomic mass is 10.1. The summed E-state index contributed by atoms with van der Waals surface area (Å²) >= 11 is 6.19. The molecule has 2 aromatic heterocycles. The first kappa shape index (κ1) is 12.4. The lowest BCUT2D eigenvalue weighted by Gasteiger charge is -2.07. The molecule has 0 fully saturated rings. The van der Waals surface area contributed by atoms with E-state index < -0.39 is 0 Å². The second kappa shape index (κ2) is 4.65. The van der Waals surface area contributed by atoms with E-state index in [-0.39, 0.29) is 0 Å². The topological polar surface area (TPSA) is 30.7 Å². The highest BCUT2D eigenvalue weighted by Crippen LogP contribution is 2.24. The van der Waals surface area contributed by atoms with Gasteiger partial charge in [-0.05, 0) is 25.8 Å². The molecule has 0 atom stereocenters. The Bertz CT molecular complexity index is 543. The van der Waals surface area contributed by atoms with Crippen molar-refractivity contribution in [2.24, 2.45) is 5.92 Å². The highest BCUT2D eigenvalue weighted by molar-refractivity contribution is 6.30. The Morgan fingerprint density at radius 3 is 2.65 bits per heavy atom.